The van der Waals surface area contributed by atoms with E-state index in [1.807, 2.05) is 0 Å². The molecule has 2 unspecified atom stereocenters. The van der Waals surface area contributed by atoms with E-state index in [1.54, 1.807) is 0 Å². The van der Waals surface area contributed by atoms with Crippen LogP contribution in [0.4, 0.5) is 8.78 Å². The van der Waals surface area contributed by atoms with Crippen LogP contribution in [-0.4, -0.2) is 20.4 Å². The first-order valence-electron chi connectivity index (χ1n) is 3.24. The zero-order chi connectivity index (χ0) is 8.86. The van der Waals surface area contributed by atoms with Crippen molar-refractivity contribution < 1.29 is 47.1 Å². The summed E-state index contributed by atoms with van der Waals surface area (Å²) in [6.07, 6.45) is 0. The molecule has 0 heterocycles. The fraction of sp³-hybridized carbons (Fsp3) is 1.00. The van der Waals surface area contributed by atoms with Crippen molar-refractivity contribution in [2.75, 3.05) is 5.75 Å². The van der Waals surface area contributed by atoms with Crippen LogP contribution in [0.1, 0.15) is 13.8 Å². The molecule has 0 amide bonds. The molecule has 2 nitrogen and oxygen atoms in total. The van der Waals surface area contributed by atoms with Gasteiger partial charge >= 0.3 is 29.6 Å². The van der Waals surface area contributed by atoms with Gasteiger partial charge in [0.15, 0.2) is 0 Å². The van der Waals surface area contributed by atoms with E-state index in [0.29, 0.717) is 0 Å². The second-order valence-electron chi connectivity index (χ2n) is 3.37. The molecule has 1 rings (SSSR count). The fourth-order valence-corrected chi connectivity index (χ4v) is 2.10. The SMILES string of the molecule is CC1(C)C(CS(=O)[O-])C1(F)F.[Na+]. The summed E-state index contributed by atoms with van der Waals surface area (Å²) in [5.41, 5.74) is -1.13. The Morgan fingerprint density at radius 2 is 1.83 bits per heavy atom. The molecule has 66 valence electrons. The fourth-order valence-electron chi connectivity index (χ4n) is 1.21. The van der Waals surface area contributed by atoms with Crippen LogP contribution in [0.5, 0.6) is 0 Å². The molecule has 0 aromatic rings. The Morgan fingerprint density at radius 1 is 1.50 bits per heavy atom. The van der Waals surface area contributed by atoms with Gasteiger partial charge in [0.05, 0.1) is 0 Å². The molecule has 1 fully saturated rings. The molecule has 0 bridgehead atoms. The average molecular weight is 206 g/mol. The molecule has 0 radical (unpaired) electrons. The van der Waals surface area contributed by atoms with Gasteiger partial charge in [0, 0.05) is 17.1 Å². The van der Waals surface area contributed by atoms with Crippen LogP contribution in [0, 0.1) is 11.3 Å². The molecule has 12 heavy (non-hydrogen) atoms. The average Bonchev–Trinajstić information content (AvgIpc) is 2.11. The molecule has 0 spiro atoms. The van der Waals surface area contributed by atoms with Crippen molar-refractivity contribution >= 4 is 11.1 Å². The molecular formula is C6H9F2NaO2S. The van der Waals surface area contributed by atoms with Crippen molar-refractivity contribution in [1.82, 2.24) is 0 Å². The Hall–Kier alpha value is 0.970. The van der Waals surface area contributed by atoms with Crippen LogP contribution < -0.4 is 29.6 Å². The van der Waals surface area contributed by atoms with Crippen molar-refractivity contribution in [2.45, 2.75) is 19.8 Å². The molecule has 0 aliphatic heterocycles. The first-order valence-corrected chi connectivity index (χ1v) is 4.48. The van der Waals surface area contributed by atoms with E-state index in [9.17, 15) is 17.5 Å². The van der Waals surface area contributed by atoms with Crippen LogP contribution >= 0.6 is 0 Å². The van der Waals surface area contributed by atoms with Crippen molar-refractivity contribution in [1.29, 1.82) is 0 Å². The number of hydrogen-bond acceptors (Lipinski definition) is 2. The van der Waals surface area contributed by atoms with Gasteiger partial charge in [-0.1, -0.05) is 24.9 Å². The molecule has 1 saturated carbocycles. The third-order valence-electron chi connectivity index (χ3n) is 2.39. The molecule has 1 aliphatic carbocycles. The Morgan fingerprint density at radius 3 is 1.92 bits per heavy atom. The summed E-state index contributed by atoms with van der Waals surface area (Å²) >= 11 is -2.36. The predicted octanol–water partition coefficient (Wildman–Crippen LogP) is -1.84. The molecule has 1 aliphatic rings. The van der Waals surface area contributed by atoms with Crippen LogP contribution in [0.3, 0.4) is 0 Å². The van der Waals surface area contributed by atoms with Crippen molar-refractivity contribution in [3.63, 3.8) is 0 Å². The second-order valence-corrected chi connectivity index (χ2v) is 4.31. The number of alkyl halides is 2. The van der Waals surface area contributed by atoms with Gasteiger partial charge in [0.1, 0.15) is 0 Å². The molecule has 0 aromatic heterocycles. The minimum atomic E-state index is -2.80. The Balaban J connectivity index is 0.00000121. The minimum absolute atomic E-state index is 0. The van der Waals surface area contributed by atoms with Gasteiger partial charge in [-0.2, -0.15) is 0 Å². The molecule has 2 atom stereocenters. The van der Waals surface area contributed by atoms with Crippen molar-refractivity contribution in [2.24, 2.45) is 11.3 Å². The van der Waals surface area contributed by atoms with E-state index in [-0.39, 0.29) is 29.6 Å². The van der Waals surface area contributed by atoms with Crippen LogP contribution in [0.25, 0.3) is 0 Å². The number of hydrogen-bond donors (Lipinski definition) is 0. The zero-order valence-electron chi connectivity index (χ0n) is 7.27. The molecule has 0 N–H and O–H groups in total. The summed E-state index contributed by atoms with van der Waals surface area (Å²) < 4.78 is 45.5. The van der Waals surface area contributed by atoms with E-state index in [0.717, 1.165) is 0 Å². The maximum Gasteiger partial charge on any atom is 1.00 e. The Kier molecular flexibility index (Phi) is 3.90. The van der Waals surface area contributed by atoms with Gasteiger partial charge in [0.25, 0.3) is 5.92 Å². The molecular weight excluding hydrogens is 197 g/mol. The van der Waals surface area contributed by atoms with Gasteiger partial charge in [-0.3, -0.25) is 4.21 Å². The largest absolute Gasteiger partial charge is 1.00 e. The van der Waals surface area contributed by atoms with E-state index in [4.69, 9.17) is 0 Å². The molecule has 0 aromatic carbocycles. The summed E-state index contributed by atoms with van der Waals surface area (Å²) in [4.78, 5) is 0. The summed E-state index contributed by atoms with van der Waals surface area (Å²) in [5, 5.41) is 0. The summed E-state index contributed by atoms with van der Waals surface area (Å²) in [7, 11) is 0. The third kappa shape index (κ3) is 1.90. The second kappa shape index (κ2) is 3.61. The monoisotopic (exact) mass is 206 g/mol. The maximum atomic E-state index is 12.7. The minimum Gasteiger partial charge on any atom is -0.772 e. The van der Waals surface area contributed by atoms with Crippen LogP contribution in [-0.2, 0) is 11.1 Å². The maximum absolute atomic E-state index is 12.7. The van der Waals surface area contributed by atoms with E-state index in [2.05, 4.69) is 0 Å². The van der Waals surface area contributed by atoms with Gasteiger partial charge in [-0.15, -0.1) is 0 Å². The summed E-state index contributed by atoms with van der Waals surface area (Å²) in [5.74, 6) is -4.22. The van der Waals surface area contributed by atoms with Crippen LogP contribution in [0.2, 0.25) is 0 Å². The summed E-state index contributed by atoms with van der Waals surface area (Å²) in [6.45, 7) is 2.76. The number of halogens is 2. The smallest absolute Gasteiger partial charge is 0.772 e. The first-order chi connectivity index (χ1) is 4.80. The molecule has 6 heteroatoms. The topological polar surface area (TPSA) is 40.1 Å². The summed E-state index contributed by atoms with van der Waals surface area (Å²) in [6, 6.07) is 0. The van der Waals surface area contributed by atoms with Crippen LogP contribution in [0.15, 0.2) is 0 Å². The zero-order valence-corrected chi connectivity index (χ0v) is 10.1. The van der Waals surface area contributed by atoms with E-state index in [1.165, 1.54) is 13.8 Å². The van der Waals surface area contributed by atoms with E-state index >= 15 is 0 Å². The van der Waals surface area contributed by atoms with Crippen molar-refractivity contribution in [3.8, 4) is 0 Å². The van der Waals surface area contributed by atoms with Gasteiger partial charge in [0.2, 0.25) is 0 Å². The van der Waals surface area contributed by atoms with E-state index < -0.39 is 34.1 Å². The third-order valence-corrected chi connectivity index (χ3v) is 2.99. The Bertz CT molecular complexity index is 194. The predicted molar refractivity (Wildman–Crippen MR) is 36.0 cm³/mol. The standard InChI is InChI=1S/C6H10F2O2S.Na/c1-5(2)4(3-11(9)10)6(5,7)8;/h4H,3H2,1-2H3,(H,9,10);/q;+1/p-1. The Labute approximate surface area is 94.7 Å². The number of rotatable bonds is 2. The first kappa shape index (κ1) is 13.0. The quantitative estimate of drug-likeness (QED) is 0.393. The van der Waals surface area contributed by atoms with Gasteiger partial charge in [-0.05, 0) is 0 Å². The molecule has 0 saturated heterocycles. The van der Waals surface area contributed by atoms with Crippen molar-refractivity contribution in [3.05, 3.63) is 0 Å². The normalized spacial score (nSPS) is 31.9. The van der Waals surface area contributed by atoms with Gasteiger partial charge < -0.3 is 4.55 Å². The van der Waals surface area contributed by atoms with Gasteiger partial charge in [-0.25, -0.2) is 8.78 Å².